The summed E-state index contributed by atoms with van der Waals surface area (Å²) in [6.07, 6.45) is 0. The van der Waals surface area contributed by atoms with Crippen molar-refractivity contribution in [1.82, 2.24) is 0 Å². The van der Waals surface area contributed by atoms with Crippen LogP contribution in [-0.2, 0) is 16.1 Å². The fourth-order valence-corrected chi connectivity index (χ4v) is 2.50. The fraction of sp³-hybridized carbons (Fsp3) is 0.174. The Morgan fingerprint density at radius 2 is 1.44 bits per heavy atom. The van der Waals surface area contributed by atoms with Gasteiger partial charge in [0.05, 0.1) is 19.1 Å². The molecule has 1 unspecified atom stereocenters. The summed E-state index contributed by atoms with van der Waals surface area (Å²) < 4.78 is 11.4. The van der Waals surface area contributed by atoms with Crippen LogP contribution in [0.2, 0.25) is 0 Å². The SMILES string of the molecule is CC(COCc1ccccc1)C(=O)Nc1ccc(Oc2ccccc2)cc1. The normalized spacial score (nSPS) is 11.6. The zero-order chi connectivity index (χ0) is 18.9. The van der Waals surface area contributed by atoms with Crippen molar-refractivity contribution in [2.75, 3.05) is 11.9 Å². The molecule has 1 N–H and O–H groups in total. The van der Waals surface area contributed by atoms with Gasteiger partial charge in [0.15, 0.2) is 0 Å². The van der Waals surface area contributed by atoms with E-state index in [2.05, 4.69) is 5.32 Å². The predicted molar refractivity (Wildman–Crippen MR) is 107 cm³/mol. The molecule has 0 heterocycles. The Hall–Kier alpha value is -3.11. The molecular weight excluding hydrogens is 338 g/mol. The van der Waals surface area contributed by atoms with Crippen LogP contribution in [0, 0.1) is 5.92 Å². The zero-order valence-corrected chi connectivity index (χ0v) is 15.3. The second kappa shape index (κ2) is 9.55. The van der Waals surface area contributed by atoms with Gasteiger partial charge in [-0.1, -0.05) is 55.5 Å². The molecule has 0 bridgehead atoms. The highest BCUT2D eigenvalue weighted by Crippen LogP contribution is 2.22. The van der Waals surface area contributed by atoms with Gasteiger partial charge in [0.25, 0.3) is 0 Å². The molecule has 4 heteroatoms. The van der Waals surface area contributed by atoms with Crippen LogP contribution in [0.15, 0.2) is 84.9 Å². The molecule has 0 aliphatic rings. The van der Waals surface area contributed by atoms with Gasteiger partial charge in [-0.05, 0) is 42.0 Å². The molecular formula is C23H23NO3. The van der Waals surface area contributed by atoms with E-state index in [1.807, 2.05) is 91.9 Å². The number of carbonyl (C=O) groups is 1. The van der Waals surface area contributed by atoms with Crippen LogP contribution in [0.1, 0.15) is 12.5 Å². The Labute approximate surface area is 159 Å². The lowest BCUT2D eigenvalue weighted by molar-refractivity contribution is -0.121. The highest BCUT2D eigenvalue weighted by molar-refractivity contribution is 5.92. The van der Waals surface area contributed by atoms with E-state index >= 15 is 0 Å². The Kier molecular flexibility index (Phi) is 6.61. The number of hydrogen-bond donors (Lipinski definition) is 1. The van der Waals surface area contributed by atoms with Crippen molar-refractivity contribution >= 4 is 11.6 Å². The van der Waals surface area contributed by atoms with Crippen LogP contribution in [0.3, 0.4) is 0 Å². The lowest BCUT2D eigenvalue weighted by atomic mass is 10.1. The molecule has 0 aromatic heterocycles. The first-order valence-electron chi connectivity index (χ1n) is 8.96. The number of benzene rings is 3. The number of ether oxygens (including phenoxy) is 2. The van der Waals surface area contributed by atoms with Crippen LogP contribution in [0.25, 0.3) is 0 Å². The van der Waals surface area contributed by atoms with Crippen LogP contribution in [0.4, 0.5) is 5.69 Å². The Morgan fingerprint density at radius 1 is 0.852 bits per heavy atom. The van der Waals surface area contributed by atoms with Crippen molar-refractivity contribution in [1.29, 1.82) is 0 Å². The van der Waals surface area contributed by atoms with Gasteiger partial charge in [0, 0.05) is 5.69 Å². The highest BCUT2D eigenvalue weighted by atomic mass is 16.5. The van der Waals surface area contributed by atoms with E-state index in [4.69, 9.17) is 9.47 Å². The van der Waals surface area contributed by atoms with Crippen LogP contribution in [0.5, 0.6) is 11.5 Å². The maximum atomic E-state index is 12.3. The summed E-state index contributed by atoms with van der Waals surface area (Å²) in [5.74, 6) is 1.19. The molecule has 0 spiro atoms. The maximum Gasteiger partial charge on any atom is 0.229 e. The minimum atomic E-state index is -0.242. The second-order valence-corrected chi connectivity index (χ2v) is 6.33. The largest absolute Gasteiger partial charge is 0.457 e. The first-order valence-corrected chi connectivity index (χ1v) is 8.96. The van der Waals surface area contributed by atoms with Gasteiger partial charge >= 0.3 is 0 Å². The molecule has 1 amide bonds. The minimum absolute atomic E-state index is 0.0696. The third kappa shape index (κ3) is 5.97. The van der Waals surface area contributed by atoms with E-state index in [-0.39, 0.29) is 11.8 Å². The van der Waals surface area contributed by atoms with Crippen molar-refractivity contribution in [3.05, 3.63) is 90.5 Å². The first-order chi connectivity index (χ1) is 13.2. The van der Waals surface area contributed by atoms with Gasteiger partial charge in [-0.25, -0.2) is 0 Å². The number of hydrogen-bond acceptors (Lipinski definition) is 3. The summed E-state index contributed by atoms with van der Waals surface area (Å²) >= 11 is 0. The number of carbonyl (C=O) groups excluding carboxylic acids is 1. The molecule has 1 atom stereocenters. The van der Waals surface area contributed by atoms with Crippen LogP contribution >= 0.6 is 0 Å². The number of amides is 1. The summed E-state index contributed by atoms with van der Waals surface area (Å²) in [6.45, 7) is 2.73. The van der Waals surface area contributed by atoms with E-state index in [0.29, 0.717) is 13.2 Å². The molecule has 27 heavy (non-hydrogen) atoms. The van der Waals surface area contributed by atoms with Crippen molar-refractivity contribution in [3.8, 4) is 11.5 Å². The lowest BCUT2D eigenvalue weighted by Crippen LogP contribution is -2.24. The third-order valence-corrected chi connectivity index (χ3v) is 4.03. The highest BCUT2D eigenvalue weighted by Gasteiger charge is 2.13. The summed E-state index contributed by atoms with van der Waals surface area (Å²) in [4.78, 5) is 12.3. The smallest absolute Gasteiger partial charge is 0.229 e. The Bertz CT molecular complexity index is 833. The monoisotopic (exact) mass is 361 g/mol. The molecule has 3 aromatic rings. The van der Waals surface area contributed by atoms with E-state index in [1.54, 1.807) is 0 Å². The topological polar surface area (TPSA) is 47.6 Å². The third-order valence-electron chi connectivity index (χ3n) is 4.03. The minimum Gasteiger partial charge on any atom is -0.457 e. The predicted octanol–water partition coefficient (Wildman–Crippen LogP) is 5.27. The summed E-state index contributed by atoms with van der Waals surface area (Å²) in [5, 5.41) is 2.91. The Morgan fingerprint density at radius 3 is 2.11 bits per heavy atom. The summed E-state index contributed by atoms with van der Waals surface area (Å²) in [7, 11) is 0. The van der Waals surface area contributed by atoms with Crippen LogP contribution < -0.4 is 10.1 Å². The molecule has 0 aliphatic heterocycles. The molecule has 0 saturated carbocycles. The molecule has 0 fully saturated rings. The number of para-hydroxylation sites is 1. The van der Waals surface area contributed by atoms with Gasteiger partial charge in [-0.15, -0.1) is 0 Å². The lowest BCUT2D eigenvalue weighted by Gasteiger charge is -2.13. The van der Waals surface area contributed by atoms with Gasteiger partial charge < -0.3 is 14.8 Å². The molecule has 138 valence electrons. The molecule has 0 saturated heterocycles. The first kappa shape index (κ1) is 18.7. The molecule has 0 radical (unpaired) electrons. The number of rotatable bonds is 8. The standard InChI is InChI=1S/C23H23NO3/c1-18(16-26-17-19-8-4-2-5-9-19)23(25)24-20-12-14-22(15-13-20)27-21-10-6-3-7-11-21/h2-15,18H,16-17H2,1H3,(H,24,25). The van der Waals surface area contributed by atoms with E-state index in [9.17, 15) is 4.79 Å². The summed E-state index contributed by atoms with van der Waals surface area (Å²) in [6, 6.07) is 26.8. The van der Waals surface area contributed by atoms with Crippen molar-refractivity contribution in [3.63, 3.8) is 0 Å². The molecule has 3 rings (SSSR count). The quantitative estimate of drug-likeness (QED) is 0.594. The fourth-order valence-electron chi connectivity index (χ4n) is 2.50. The van der Waals surface area contributed by atoms with Gasteiger partial charge in [-0.3, -0.25) is 4.79 Å². The van der Waals surface area contributed by atoms with Crippen molar-refractivity contribution in [2.45, 2.75) is 13.5 Å². The van der Waals surface area contributed by atoms with Crippen LogP contribution in [-0.4, -0.2) is 12.5 Å². The van der Waals surface area contributed by atoms with E-state index in [1.165, 1.54) is 0 Å². The van der Waals surface area contributed by atoms with Gasteiger partial charge in [-0.2, -0.15) is 0 Å². The average molecular weight is 361 g/mol. The van der Waals surface area contributed by atoms with Crippen molar-refractivity contribution in [2.24, 2.45) is 5.92 Å². The molecule has 3 aromatic carbocycles. The van der Waals surface area contributed by atoms with E-state index < -0.39 is 0 Å². The Balaban J connectivity index is 1.45. The van der Waals surface area contributed by atoms with Gasteiger partial charge in [0.2, 0.25) is 5.91 Å². The van der Waals surface area contributed by atoms with E-state index in [0.717, 1.165) is 22.7 Å². The zero-order valence-electron chi connectivity index (χ0n) is 15.3. The average Bonchev–Trinajstić information content (AvgIpc) is 2.71. The molecule has 4 nitrogen and oxygen atoms in total. The summed E-state index contributed by atoms with van der Waals surface area (Å²) in [5.41, 5.74) is 1.83. The maximum absolute atomic E-state index is 12.3. The number of nitrogens with one attached hydrogen (secondary N) is 1. The number of anilines is 1. The van der Waals surface area contributed by atoms with Gasteiger partial charge in [0.1, 0.15) is 11.5 Å². The molecule has 0 aliphatic carbocycles. The second-order valence-electron chi connectivity index (χ2n) is 6.33. The van der Waals surface area contributed by atoms with Crippen molar-refractivity contribution < 1.29 is 14.3 Å².